The molecule has 0 aromatic rings. The first kappa shape index (κ1) is 18.7. The van der Waals surface area contributed by atoms with Crippen LogP contribution in [0.5, 0.6) is 0 Å². The molecule has 2 atom stereocenters. The maximum absolute atomic E-state index is 13.0. The molecule has 1 unspecified atom stereocenters. The van der Waals surface area contributed by atoms with E-state index in [4.69, 9.17) is 10.8 Å². The second kappa shape index (κ2) is 6.42. The van der Waals surface area contributed by atoms with E-state index >= 15 is 0 Å². The fraction of sp³-hybridized carbons (Fsp3) is 0.667. The minimum atomic E-state index is -5.02. The smallest absolute Gasteiger partial charge is 0.406 e. The summed E-state index contributed by atoms with van der Waals surface area (Å²) in [5.41, 5.74) is 1.98. The third kappa shape index (κ3) is 3.90. The molecule has 0 bridgehead atoms. The van der Waals surface area contributed by atoms with Crippen LogP contribution in [0, 0.1) is 5.41 Å². The number of hydrogen-bond donors (Lipinski definition) is 3. The number of hydrogen-bond acceptors (Lipinski definition) is 4. The molecule has 0 saturated carbocycles. The first-order valence-corrected chi connectivity index (χ1v) is 6.55. The highest BCUT2D eigenvalue weighted by atomic mass is 19.4. The Balaban J connectivity index is 2.85. The molecule has 8 nitrogen and oxygen atoms in total. The predicted molar refractivity (Wildman–Crippen MR) is 68.7 cm³/mol. The Morgan fingerprint density at radius 3 is 2.26 bits per heavy atom. The van der Waals surface area contributed by atoms with Crippen molar-refractivity contribution in [3.63, 3.8) is 0 Å². The maximum Gasteiger partial charge on any atom is 0.406 e. The van der Waals surface area contributed by atoms with Gasteiger partial charge in [-0.05, 0) is 6.42 Å². The molecule has 0 aromatic carbocycles. The second-order valence-corrected chi connectivity index (χ2v) is 5.31. The molecule has 0 spiro atoms. The number of halogens is 3. The van der Waals surface area contributed by atoms with Gasteiger partial charge in [0.25, 0.3) is 0 Å². The Hall–Kier alpha value is -2.33. The molecule has 4 N–H and O–H groups in total. The average molecular weight is 339 g/mol. The number of amides is 3. The van der Waals surface area contributed by atoms with Crippen LogP contribution in [0.1, 0.15) is 19.8 Å². The van der Waals surface area contributed by atoms with E-state index in [1.807, 2.05) is 0 Å². The summed E-state index contributed by atoms with van der Waals surface area (Å²) in [6.45, 7) is -0.387. The molecule has 1 aliphatic rings. The minimum absolute atomic E-state index is 0.420. The van der Waals surface area contributed by atoms with Crippen LogP contribution >= 0.6 is 0 Å². The minimum Gasteiger partial charge on any atom is -0.481 e. The van der Waals surface area contributed by atoms with Crippen molar-refractivity contribution >= 4 is 23.7 Å². The van der Waals surface area contributed by atoms with Gasteiger partial charge in [0, 0.05) is 20.0 Å². The molecule has 1 rings (SSSR count). The molecule has 11 heteroatoms. The number of rotatable bonds is 5. The Bertz CT molecular complexity index is 537. The van der Waals surface area contributed by atoms with Crippen LogP contribution in [0.3, 0.4) is 0 Å². The zero-order valence-corrected chi connectivity index (χ0v) is 12.1. The van der Waals surface area contributed by atoms with Crippen molar-refractivity contribution in [2.24, 2.45) is 11.1 Å². The summed E-state index contributed by atoms with van der Waals surface area (Å²) in [5.74, 6) is -4.62. The number of aliphatic carboxylic acids is 1. The number of alkyl halides is 3. The van der Waals surface area contributed by atoms with Crippen molar-refractivity contribution in [2.75, 3.05) is 13.1 Å². The topological polar surface area (TPSA) is 130 Å². The monoisotopic (exact) mass is 339 g/mol. The molecular formula is C12H16F3N3O5. The summed E-state index contributed by atoms with van der Waals surface area (Å²) in [7, 11) is 0. The van der Waals surface area contributed by atoms with Crippen LogP contribution in [0.4, 0.5) is 13.2 Å². The highest BCUT2D eigenvalue weighted by molar-refractivity contribution is 5.91. The van der Waals surface area contributed by atoms with Gasteiger partial charge in [0.05, 0.1) is 6.42 Å². The van der Waals surface area contributed by atoms with Crippen LogP contribution in [-0.2, 0) is 19.2 Å². The third-order valence-corrected chi connectivity index (χ3v) is 3.67. The number of carboxylic acid groups (broad SMARTS) is 1. The van der Waals surface area contributed by atoms with E-state index in [9.17, 15) is 32.3 Å². The summed E-state index contributed by atoms with van der Waals surface area (Å²) >= 11 is 0. The summed E-state index contributed by atoms with van der Waals surface area (Å²) in [6, 6.07) is -1.37. The van der Waals surface area contributed by atoms with Crippen molar-refractivity contribution in [3.8, 4) is 0 Å². The molecule has 23 heavy (non-hydrogen) atoms. The molecule has 1 saturated heterocycles. The van der Waals surface area contributed by atoms with Crippen LogP contribution < -0.4 is 11.1 Å². The van der Waals surface area contributed by atoms with Gasteiger partial charge in [-0.25, -0.2) is 0 Å². The van der Waals surface area contributed by atoms with Crippen molar-refractivity contribution < 1.29 is 37.5 Å². The van der Waals surface area contributed by atoms with E-state index in [1.165, 1.54) is 0 Å². The molecule has 0 aromatic heterocycles. The third-order valence-electron chi connectivity index (χ3n) is 3.67. The zero-order valence-electron chi connectivity index (χ0n) is 12.1. The lowest BCUT2D eigenvalue weighted by atomic mass is 9.86. The number of likely N-dealkylation sites (tertiary alicyclic amines) is 1. The van der Waals surface area contributed by atoms with E-state index in [2.05, 4.69) is 5.32 Å². The van der Waals surface area contributed by atoms with E-state index in [0.717, 1.165) is 6.92 Å². The lowest BCUT2D eigenvalue weighted by Gasteiger charge is -2.27. The van der Waals surface area contributed by atoms with Gasteiger partial charge in [0.15, 0.2) is 5.41 Å². The van der Waals surface area contributed by atoms with E-state index in [-0.39, 0.29) is 0 Å². The number of nitrogens with two attached hydrogens (primary N) is 1. The van der Waals surface area contributed by atoms with Crippen LogP contribution in [-0.4, -0.2) is 59.0 Å². The highest BCUT2D eigenvalue weighted by Crippen LogP contribution is 2.45. The summed E-state index contributed by atoms with van der Waals surface area (Å²) in [5, 5.41) is 11.0. The highest BCUT2D eigenvalue weighted by Gasteiger charge is 2.64. The van der Waals surface area contributed by atoms with Crippen LogP contribution in [0.25, 0.3) is 0 Å². The quantitative estimate of drug-likeness (QED) is 0.606. The number of primary amides is 1. The van der Waals surface area contributed by atoms with E-state index < -0.39 is 67.3 Å². The van der Waals surface area contributed by atoms with Gasteiger partial charge in [-0.1, -0.05) is 0 Å². The molecule has 1 fully saturated rings. The normalized spacial score (nSPS) is 22.5. The Kier molecular flexibility index (Phi) is 5.23. The number of carbonyl (C=O) groups is 4. The van der Waals surface area contributed by atoms with Gasteiger partial charge in [-0.15, -0.1) is 0 Å². The zero-order chi connectivity index (χ0) is 18.0. The van der Waals surface area contributed by atoms with Gasteiger partial charge >= 0.3 is 12.1 Å². The van der Waals surface area contributed by atoms with Gasteiger partial charge in [-0.3, -0.25) is 19.2 Å². The lowest BCUT2D eigenvalue weighted by Crippen LogP contribution is -2.49. The van der Waals surface area contributed by atoms with E-state index in [1.54, 1.807) is 0 Å². The Morgan fingerprint density at radius 1 is 1.35 bits per heavy atom. The predicted octanol–water partition coefficient (Wildman–Crippen LogP) is -0.768. The molecule has 1 aliphatic heterocycles. The first-order valence-electron chi connectivity index (χ1n) is 6.55. The standard InChI is InChI=1S/C12H16F3N3O5/c1-6(19)17-7(9(16)21)4-8(20)18-3-2-11(5-18,10(22)23)12(13,14)15/h7H,2-5H2,1H3,(H2,16,21)(H,17,19)(H,22,23)/t7-,11?/m0/s1. The maximum atomic E-state index is 13.0. The summed E-state index contributed by atoms with van der Waals surface area (Å²) in [4.78, 5) is 45.8. The first-order chi connectivity index (χ1) is 10.4. The molecule has 130 valence electrons. The number of carbonyl (C=O) groups excluding carboxylic acids is 3. The molecule has 1 heterocycles. The van der Waals surface area contributed by atoms with Gasteiger partial charge in [-0.2, -0.15) is 13.2 Å². The number of nitrogens with zero attached hydrogens (tertiary/aromatic N) is 1. The second-order valence-electron chi connectivity index (χ2n) is 5.31. The molecule has 0 aliphatic carbocycles. The van der Waals surface area contributed by atoms with Crippen molar-refractivity contribution in [3.05, 3.63) is 0 Å². The Morgan fingerprint density at radius 2 is 1.91 bits per heavy atom. The van der Waals surface area contributed by atoms with Crippen molar-refractivity contribution in [1.82, 2.24) is 10.2 Å². The van der Waals surface area contributed by atoms with Gasteiger partial charge < -0.3 is 21.1 Å². The molecular weight excluding hydrogens is 323 g/mol. The Labute approximate surface area is 128 Å². The van der Waals surface area contributed by atoms with Gasteiger partial charge in [0.1, 0.15) is 6.04 Å². The van der Waals surface area contributed by atoms with Crippen molar-refractivity contribution in [2.45, 2.75) is 32.0 Å². The average Bonchev–Trinajstić information content (AvgIpc) is 2.83. The fourth-order valence-corrected chi connectivity index (χ4v) is 2.32. The fourth-order valence-electron chi connectivity index (χ4n) is 2.32. The molecule has 0 radical (unpaired) electrons. The van der Waals surface area contributed by atoms with Gasteiger partial charge in [0.2, 0.25) is 17.7 Å². The SMILES string of the molecule is CC(=O)N[C@@H](CC(=O)N1CCC(C(=O)O)(C(F)(F)F)C1)C(N)=O. The molecule has 3 amide bonds. The largest absolute Gasteiger partial charge is 0.481 e. The van der Waals surface area contributed by atoms with Crippen LogP contribution in [0.2, 0.25) is 0 Å². The summed E-state index contributed by atoms with van der Waals surface area (Å²) < 4.78 is 39.0. The van der Waals surface area contributed by atoms with E-state index in [0.29, 0.717) is 4.90 Å². The van der Waals surface area contributed by atoms with Crippen LogP contribution in [0.15, 0.2) is 0 Å². The summed E-state index contributed by atoms with van der Waals surface area (Å²) in [6.07, 6.45) is -6.43. The number of nitrogens with one attached hydrogen (secondary N) is 1. The van der Waals surface area contributed by atoms with Crippen molar-refractivity contribution in [1.29, 1.82) is 0 Å². The lowest BCUT2D eigenvalue weighted by molar-refractivity contribution is -0.227. The number of carboxylic acids is 1.